The molecule has 1 amide bonds. The van der Waals surface area contributed by atoms with Crippen LogP contribution in [0.1, 0.15) is 40.2 Å². The molecule has 1 aromatic carbocycles. The molecule has 23 heavy (non-hydrogen) atoms. The second-order valence-electron chi connectivity index (χ2n) is 7.37. The zero-order chi connectivity index (χ0) is 17.0. The first-order chi connectivity index (χ1) is 10.8. The second-order valence-corrected chi connectivity index (χ2v) is 7.37. The Bertz CT molecular complexity index is 510. The number of carbonyl (C=O) groups is 1. The molecule has 0 aromatic heterocycles. The molecule has 128 valence electrons. The monoisotopic (exact) mass is 317 g/mol. The molecule has 1 heterocycles. The van der Waals surface area contributed by atoms with Gasteiger partial charge in [-0.25, -0.2) is 0 Å². The molecule has 2 rings (SSSR count). The van der Waals surface area contributed by atoms with Crippen molar-refractivity contribution in [1.29, 1.82) is 0 Å². The van der Waals surface area contributed by atoms with Crippen LogP contribution in [0.4, 0.5) is 5.69 Å². The van der Waals surface area contributed by atoms with Crippen molar-refractivity contribution in [3.63, 3.8) is 0 Å². The lowest BCUT2D eigenvalue weighted by atomic mass is 10.1. The Morgan fingerprint density at radius 3 is 2.35 bits per heavy atom. The van der Waals surface area contributed by atoms with Crippen molar-refractivity contribution in [2.45, 2.75) is 59.2 Å². The third-order valence-electron chi connectivity index (χ3n) is 4.49. The van der Waals surface area contributed by atoms with E-state index in [0.717, 1.165) is 24.3 Å². The van der Waals surface area contributed by atoms with Gasteiger partial charge in [-0.15, -0.1) is 0 Å². The van der Waals surface area contributed by atoms with Crippen LogP contribution in [-0.2, 0) is 11.2 Å². The topological polar surface area (TPSA) is 44.4 Å². The van der Waals surface area contributed by atoms with Crippen LogP contribution in [0.15, 0.2) is 24.3 Å². The van der Waals surface area contributed by atoms with Crippen molar-refractivity contribution in [1.82, 2.24) is 10.2 Å². The van der Waals surface area contributed by atoms with Gasteiger partial charge in [-0.05, 0) is 51.3 Å². The van der Waals surface area contributed by atoms with E-state index < -0.39 is 0 Å². The fourth-order valence-electron chi connectivity index (χ4n) is 3.11. The van der Waals surface area contributed by atoms with Gasteiger partial charge in [-0.3, -0.25) is 9.69 Å². The Hall–Kier alpha value is -1.55. The van der Waals surface area contributed by atoms with Gasteiger partial charge in [0.25, 0.3) is 0 Å². The molecule has 4 nitrogen and oxygen atoms in total. The molecular weight excluding hydrogens is 286 g/mol. The molecule has 0 aliphatic carbocycles. The van der Waals surface area contributed by atoms with Crippen LogP contribution in [-0.4, -0.2) is 42.0 Å². The molecule has 1 aliphatic heterocycles. The van der Waals surface area contributed by atoms with E-state index in [0.29, 0.717) is 24.4 Å². The van der Waals surface area contributed by atoms with E-state index in [1.807, 2.05) is 26.0 Å². The Kier molecular flexibility index (Phi) is 6.05. The highest BCUT2D eigenvalue weighted by Gasteiger charge is 2.30. The van der Waals surface area contributed by atoms with Crippen LogP contribution in [0.5, 0.6) is 0 Å². The number of nitrogens with zero attached hydrogens (tertiary/aromatic N) is 1. The summed E-state index contributed by atoms with van der Waals surface area (Å²) in [5, 5.41) is 6.57. The van der Waals surface area contributed by atoms with Crippen LogP contribution in [0.3, 0.4) is 0 Å². The number of rotatable bonds is 6. The summed E-state index contributed by atoms with van der Waals surface area (Å²) in [7, 11) is 0. The number of hydrogen-bond acceptors (Lipinski definition) is 3. The Morgan fingerprint density at radius 2 is 1.83 bits per heavy atom. The van der Waals surface area contributed by atoms with Gasteiger partial charge in [0, 0.05) is 36.9 Å². The summed E-state index contributed by atoms with van der Waals surface area (Å²) in [4.78, 5) is 14.3. The molecule has 1 saturated heterocycles. The number of benzene rings is 1. The Labute approximate surface area is 140 Å². The highest BCUT2D eigenvalue weighted by Crippen LogP contribution is 2.22. The summed E-state index contributed by atoms with van der Waals surface area (Å²) in [5.41, 5.74) is 2.19. The number of nitrogens with one attached hydrogen (secondary N) is 2. The molecule has 4 heteroatoms. The number of anilines is 1. The average Bonchev–Trinajstić information content (AvgIpc) is 2.82. The highest BCUT2D eigenvalue weighted by molar-refractivity contribution is 5.78. The van der Waals surface area contributed by atoms with E-state index in [-0.39, 0.29) is 11.9 Å². The highest BCUT2D eigenvalue weighted by atomic mass is 16.1. The maximum atomic E-state index is 11.8. The first-order valence-corrected chi connectivity index (χ1v) is 8.74. The van der Waals surface area contributed by atoms with Gasteiger partial charge in [0.15, 0.2) is 0 Å². The largest absolute Gasteiger partial charge is 0.381 e. The molecule has 2 N–H and O–H groups in total. The maximum absolute atomic E-state index is 11.8. The summed E-state index contributed by atoms with van der Waals surface area (Å²) in [5.74, 6) is 0.728. The van der Waals surface area contributed by atoms with E-state index in [2.05, 4.69) is 48.4 Å². The lowest BCUT2D eigenvalue weighted by Crippen LogP contribution is -2.31. The quantitative estimate of drug-likeness (QED) is 0.848. The zero-order valence-electron chi connectivity index (χ0n) is 15.1. The fraction of sp³-hybridized carbons (Fsp3) is 0.632. The van der Waals surface area contributed by atoms with E-state index in [1.165, 1.54) is 0 Å². The first kappa shape index (κ1) is 17.8. The molecule has 1 fully saturated rings. The molecule has 2 atom stereocenters. The fourth-order valence-corrected chi connectivity index (χ4v) is 3.11. The first-order valence-electron chi connectivity index (χ1n) is 8.74. The zero-order valence-corrected chi connectivity index (χ0v) is 15.1. The summed E-state index contributed by atoms with van der Waals surface area (Å²) in [6.07, 6.45) is 0.444. The van der Waals surface area contributed by atoms with Gasteiger partial charge in [0.05, 0.1) is 6.42 Å². The minimum atomic E-state index is 0.0812. The smallest absolute Gasteiger partial charge is 0.224 e. The SMILES string of the molecule is CC(C)NC(=O)Cc1ccc(N[C@@H]2CN(C(C)C)C[C@@H]2C)cc1. The molecule has 0 unspecified atom stereocenters. The number of amides is 1. The van der Waals surface area contributed by atoms with Crippen LogP contribution in [0.2, 0.25) is 0 Å². The summed E-state index contributed by atoms with van der Waals surface area (Å²) in [6, 6.07) is 9.55. The molecule has 1 aromatic rings. The van der Waals surface area contributed by atoms with Gasteiger partial charge in [0.1, 0.15) is 0 Å². The summed E-state index contributed by atoms with van der Waals surface area (Å²) in [6.45, 7) is 13.0. The molecule has 0 spiro atoms. The summed E-state index contributed by atoms with van der Waals surface area (Å²) < 4.78 is 0. The lowest BCUT2D eigenvalue weighted by Gasteiger charge is -2.21. The predicted octanol–water partition coefficient (Wildman–Crippen LogP) is 2.89. The van der Waals surface area contributed by atoms with Crippen molar-refractivity contribution in [2.75, 3.05) is 18.4 Å². The van der Waals surface area contributed by atoms with Crippen molar-refractivity contribution >= 4 is 11.6 Å². The van der Waals surface area contributed by atoms with E-state index >= 15 is 0 Å². The van der Waals surface area contributed by atoms with Gasteiger partial charge in [-0.2, -0.15) is 0 Å². The lowest BCUT2D eigenvalue weighted by molar-refractivity contribution is -0.120. The average molecular weight is 317 g/mol. The summed E-state index contributed by atoms with van der Waals surface area (Å²) >= 11 is 0. The molecular formula is C19H31N3O. The van der Waals surface area contributed by atoms with Gasteiger partial charge < -0.3 is 10.6 Å². The van der Waals surface area contributed by atoms with E-state index in [4.69, 9.17) is 0 Å². The van der Waals surface area contributed by atoms with Crippen LogP contribution < -0.4 is 10.6 Å². The van der Waals surface area contributed by atoms with Gasteiger partial charge in [0.2, 0.25) is 5.91 Å². The maximum Gasteiger partial charge on any atom is 0.224 e. The number of hydrogen-bond donors (Lipinski definition) is 2. The Balaban J connectivity index is 1.89. The molecule has 1 aliphatic rings. The third kappa shape index (κ3) is 5.24. The van der Waals surface area contributed by atoms with Crippen molar-refractivity contribution in [2.24, 2.45) is 5.92 Å². The van der Waals surface area contributed by atoms with Crippen molar-refractivity contribution in [3.05, 3.63) is 29.8 Å². The molecule has 0 saturated carbocycles. The number of carbonyl (C=O) groups excluding carboxylic acids is 1. The molecule has 0 radical (unpaired) electrons. The van der Waals surface area contributed by atoms with Crippen molar-refractivity contribution < 1.29 is 4.79 Å². The van der Waals surface area contributed by atoms with Gasteiger partial charge >= 0.3 is 0 Å². The Morgan fingerprint density at radius 1 is 1.17 bits per heavy atom. The predicted molar refractivity (Wildman–Crippen MR) is 96.7 cm³/mol. The minimum absolute atomic E-state index is 0.0812. The van der Waals surface area contributed by atoms with E-state index in [1.54, 1.807) is 0 Å². The van der Waals surface area contributed by atoms with Crippen LogP contribution in [0, 0.1) is 5.92 Å². The van der Waals surface area contributed by atoms with Crippen molar-refractivity contribution in [3.8, 4) is 0 Å². The number of likely N-dealkylation sites (tertiary alicyclic amines) is 1. The van der Waals surface area contributed by atoms with Crippen LogP contribution in [0.25, 0.3) is 0 Å². The van der Waals surface area contributed by atoms with E-state index in [9.17, 15) is 4.79 Å². The molecule has 0 bridgehead atoms. The normalized spacial score (nSPS) is 21.9. The second kappa shape index (κ2) is 7.82. The minimum Gasteiger partial charge on any atom is -0.381 e. The van der Waals surface area contributed by atoms with Crippen LogP contribution >= 0.6 is 0 Å². The third-order valence-corrected chi connectivity index (χ3v) is 4.49. The standard InChI is InChI=1S/C19H31N3O/c1-13(2)20-19(23)10-16-6-8-17(9-7-16)21-18-12-22(14(3)4)11-15(18)5/h6-9,13-15,18,21H,10-12H2,1-5H3,(H,20,23)/t15-,18+/m0/s1. The van der Waals surface area contributed by atoms with Gasteiger partial charge in [-0.1, -0.05) is 19.1 Å².